The molecule has 1 atom stereocenters. The third-order valence-electron chi connectivity index (χ3n) is 2.61. The van der Waals surface area contributed by atoms with Crippen molar-refractivity contribution in [3.05, 3.63) is 42.5 Å². The van der Waals surface area contributed by atoms with Crippen molar-refractivity contribution >= 4 is 5.69 Å². The number of benzene rings is 1. The lowest BCUT2D eigenvalue weighted by molar-refractivity contribution is 0.775. The van der Waals surface area contributed by atoms with Crippen molar-refractivity contribution in [2.45, 2.75) is 26.3 Å². The molecule has 1 aromatic carbocycles. The quantitative estimate of drug-likeness (QED) is 0.743. The molecule has 0 fully saturated rings. The summed E-state index contributed by atoms with van der Waals surface area (Å²) in [5, 5.41) is 0. The van der Waals surface area contributed by atoms with Crippen molar-refractivity contribution < 1.29 is 0 Å². The Morgan fingerprint density at radius 1 is 1.44 bits per heavy atom. The maximum absolute atomic E-state index is 5.99. The van der Waals surface area contributed by atoms with Gasteiger partial charge in [-0.3, -0.25) is 0 Å². The highest BCUT2D eigenvalue weighted by Gasteiger charge is 2.11. The Morgan fingerprint density at radius 3 is 2.69 bits per heavy atom. The lowest BCUT2D eigenvalue weighted by Gasteiger charge is -2.26. The normalized spacial score (nSPS) is 12.2. The van der Waals surface area contributed by atoms with Crippen molar-refractivity contribution in [3.63, 3.8) is 0 Å². The molecule has 2 N–H and O–H groups in total. The Kier molecular flexibility index (Phi) is 5.06. The van der Waals surface area contributed by atoms with E-state index in [1.54, 1.807) is 0 Å². The highest BCUT2D eigenvalue weighted by atomic mass is 15.1. The van der Waals surface area contributed by atoms with Gasteiger partial charge in [0.2, 0.25) is 0 Å². The molecule has 0 aromatic heterocycles. The lowest BCUT2D eigenvalue weighted by Crippen LogP contribution is -2.26. The molecule has 16 heavy (non-hydrogen) atoms. The Balaban J connectivity index is 3.01. The standard InChI is InChI=1S/C14H22N2/c1-4-10-16(11-5-2)14-9-7-6-8-13(14)12(3)15/h4,6-9,12H,1,5,10-11,15H2,2-3H3. The molecule has 0 aliphatic rings. The number of anilines is 1. The van der Waals surface area contributed by atoms with Crippen molar-refractivity contribution in [1.29, 1.82) is 0 Å². The van der Waals surface area contributed by atoms with Gasteiger partial charge in [-0.15, -0.1) is 6.58 Å². The summed E-state index contributed by atoms with van der Waals surface area (Å²) in [6, 6.07) is 8.41. The van der Waals surface area contributed by atoms with E-state index in [1.165, 1.54) is 11.3 Å². The van der Waals surface area contributed by atoms with Crippen LogP contribution in [0.25, 0.3) is 0 Å². The van der Waals surface area contributed by atoms with E-state index in [0.29, 0.717) is 0 Å². The number of hydrogen-bond acceptors (Lipinski definition) is 2. The van der Waals surface area contributed by atoms with Crippen LogP contribution in [-0.4, -0.2) is 13.1 Å². The molecule has 0 spiro atoms. The van der Waals surface area contributed by atoms with Crippen LogP contribution in [0.4, 0.5) is 5.69 Å². The fourth-order valence-electron chi connectivity index (χ4n) is 1.90. The first-order valence-electron chi connectivity index (χ1n) is 5.91. The average Bonchev–Trinajstić information content (AvgIpc) is 2.29. The summed E-state index contributed by atoms with van der Waals surface area (Å²) in [5.41, 5.74) is 8.43. The van der Waals surface area contributed by atoms with E-state index in [2.05, 4.69) is 36.6 Å². The van der Waals surface area contributed by atoms with Gasteiger partial charge in [0.05, 0.1) is 0 Å². The van der Waals surface area contributed by atoms with Gasteiger partial charge >= 0.3 is 0 Å². The molecule has 0 aliphatic heterocycles. The predicted octanol–water partition coefficient (Wildman–Crippen LogP) is 3.11. The zero-order valence-electron chi connectivity index (χ0n) is 10.3. The van der Waals surface area contributed by atoms with Gasteiger partial charge in [0.15, 0.2) is 0 Å². The molecular formula is C14H22N2. The number of hydrogen-bond donors (Lipinski definition) is 1. The maximum Gasteiger partial charge on any atom is 0.0417 e. The predicted molar refractivity (Wildman–Crippen MR) is 71.7 cm³/mol. The summed E-state index contributed by atoms with van der Waals surface area (Å²) in [6.45, 7) is 9.93. The van der Waals surface area contributed by atoms with Crippen molar-refractivity contribution in [2.24, 2.45) is 5.73 Å². The molecule has 88 valence electrons. The van der Waals surface area contributed by atoms with Crippen LogP contribution in [0.1, 0.15) is 31.9 Å². The topological polar surface area (TPSA) is 29.3 Å². The van der Waals surface area contributed by atoms with Crippen LogP contribution in [0.2, 0.25) is 0 Å². The number of nitrogens with two attached hydrogens (primary N) is 1. The molecule has 2 heteroatoms. The minimum atomic E-state index is 0.0698. The maximum atomic E-state index is 5.99. The zero-order valence-corrected chi connectivity index (χ0v) is 10.3. The van der Waals surface area contributed by atoms with E-state index in [-0.39, 0.29) is 6.04 Å². The summed E-state index contributed by atoms with van der Waals surface area (Å²) >= 11 is 0. The summed E-state index contributed by atoms with van der Waals surface area (Å²) in [5.74, 6) is 0. The molecule has 1 rings (SSSR count). The SMILES string of the molecule is C=CCN(CCC)c1ccccc1C(C)N. The molecule has 0 saturated heterocycles. The van der Waals surface area contributed by atoms with Crippen LogP contribution < -0.4 is 10.6 Å². The van der Waals surface area contributed by atoms with Crippen molar-refractivity contribution in [2.75, 3.05) is 18.0 Å². The van der Waals surface area contributed by atoms with Gasteiger partial charge in [-0.05, 0) is 25.0 Å². The van der Waals surface area contributed by atoms with Gasteiger partial charge in [-0.2, -0.15) is 0 Å². The molecule has 0 saturated carbocycles. The van der Waals surface area contributed by atoms with Crippen LogP contribution in [0.5, 0.6) is 0 Å². The molecule has 0 heterocycles. The van der Waals surface area contributed by atoms with Gasteiger partial charge in [0, 0.05) is 24.8 Å². The minimum absolute atomic E-state index is 0.0698. The molecule has 1 unspecified atom stereocenters. The highest BCUT2D eigenvalue weighted by molar-refractivity contribution is 5.55. The van der Waals surface area contributed by atoms with Gasteiger partial charge in [0.25, 0.3) is 0 Å². The Morgan fingerprint density at radius 2 is 2.12 bits per heavy atom. The Bertz CT molecular complexity index is 331. The van der Waals surface area contributed by atoms with E-state index >= 15 is 0 Å². The molecule has 1 aromatic rings. The van der Waals surface area contributed by atoms with E-state index in [9.17, 15) is 0 Å². The molecule has 0 radical (unpaired) electrons. The second kappa shape index (κ2) is 6.33. The fourth-order valence-corrected chi connectivity index (χ4v) is 1.90. The van der Waals surface area contributed by atoms with E-state index in [1.807, 2.05) is 19.1 Å². The molecule has 0 amide bonds. The number of rotatable bonds is 6. The third-order valence-corrected chi connectivity index (χ3v) is 2.61. The number of para-hydroxylation sites is 1. The van der Waals surface area contributed by atoms with E-state index < -0.39 is 0 Å². The Labute approximate surface area is 98.8 Å². The number of nitrogens with zero attached hydrogens (tertiary/aromatic N) is 1. The summed E-state index contributed by atoms with van der Waals surface area (Å²) < 4.78 is 0. The van der Waals surface area contributed by atoms with Crippen LogP contribution in [0.3, 0.4) is 0 Å². The first-order chi connectivity index (χ1) is 7.70. The monoisotopic (exact) mass is 218 g/mol. The summed E-state index contributed by atoms with van der Waals surface area (Å²) in [4.78, 5) is 2.33. The summed E-state index contributed by atoms with van der Waals surface area (Å²) in [6.07, 6.45) is 3.06. The van der Waals surface area contributed by atoms with E-state index in [4.69, 9.17) is 5.73 Å². The molecule has 2 nitrogen and oxygen atoms in total. The first kappa shape index (κ1) is 12.8. The second-order valence-corrected chi connectivity index (χ2v) is 4.08. The van der Waals surface area contributed by atoms with Gasteiger partial charge < -0.3 is 10.6 Å². The second-order valence-electron chi connectivity index (χ2n) is 4.08. The molecule has 0 aliphatic carbocycles. The molecule has 0 bridgehead atoms. The van der Waals surface area contributed by atoms with Crippen LogP contribution in [-0.2, 0) is 0 Å². The lowest BCUT2D eigenvalue weighted by atomic mass is 10.1. The largest absolute Gasteiger partial charge is 0.368 e. The minimum Gasteiger partial charge on any atom is -0.368 e. The average molecular weight is 218 g/mol. The summed E-state index contributed by atoms with van der Waals surface area (Å²) in [7, 11) is 0. The van der Waals surface area contributed by atoms with Gasteiger partial charge in [-0.1, -0.05) is 31.2 Å². The van der Waals surface area contributed by atoms with Crippen molar-refractivity contribution in [3.8, 4) is 0 Å². The van der Waals surface area contributed by atoms with Gasteiger partial charge in [-0.25, -0.2) is 0 Å². The Hall–Kier alpha value is -1.28. The van der Waals surface area contributed by atoms with E-state index in [0.717, 1.165) is 19.5 Å². The zero-order chi connectivity index (χ0) is 12.0. The van der Waals surface area contributed by atoms with Crippen LogP contribution in [0, 0.1) is 0 Å². The molecular weight excluding hydrogens is 196 g/mol. The third kappa shape index (κ3) is 3.11. The van der Waals surface area contributed by atoms with Crippen LogP contribution >= 0.6 is 0 Å². The van der Waals surface area contributed by atoms with Crippen molar-refractivity contribution in [1.82, 2.24) is 0 Å². The first-order valence-corrected chi connectivity index (χ1v) is 5.91. The smallest absolute Gasteiger partial charge is 0.0417 e. The van der Waals surface area contributed by atoms with Crippen LogP contribution in [0.15, 0.2) is 36.9 Å². The fraction of sp³-hybridized carbons (Fsp3) is 0.429. The van der Waals surface area contributed by atoms with Gasteiger partial charge in [0.1, 0.15) is 0 Å². The highest BCUT2D eigenvalue weighted by Crippen LogP contribution is 2.25.